The van der Waals surface area contributed by atoms with Crippen LogP contribution in [0.5, 0.6) is 11.5 Å². The van der Waals surface area contributed by atoms with Gasteiger partial charge < -0.3 is 29.7 Å². The molecule has 4 heterocycles. The molecule has 1 spiro atoms. The summed E-state index contributed by atoms with van der Waals surface area (Å²) >= 11 is 0. The van der Waals surface area contributed by atoms with Crippen LogP contribution in [0.25, 0.3) is 0 Å². The molecule has 2 saturated carbocycles. The number of benzene rings is 1. The Morgan fingerprint density at radius 3 is 2.77 bits per heavy atom. The van der Waals surface area contributed by atoms with Crippen molar-refractivity contribution in [1.82, 2.24) is 20.8 Å². The molecule has 11 heteroatoms. The highest BCUT2D eigenvalue weighted by Gasteiger charge is 2.67. The average molecular weight is 536 g/mol. The van der Waals surface area contributed by atoms with Gasteiger partial charge in [-0.2, -0.15) is 0 Å². The second-order valence-electron chi connectivity index (χ2n) is 11.5. The van der Waals surface area contributed by atoms with Crippen molar-refractivity contribution in [2.45, 2.75) is 50.2 Å². The number of carbonyl (C=O) groups is 1. The lowest BCUT2D eigenvalue weighted by Gasteiger charge is -2.34. The minimum absolute atomic E-state index is 0.0182. The summed E-state index contributed by atoms with van der Waals surface area (Å²) in [5, 5.41) is 6.76. The Morgan fingerprint density at radius 2 is 1.97 bits per heavy atom. The number of morpholine rings is 1. The number of aromatic nitrogens is 2. The van der Waals surface area contributed by atoms with Gasteiger partial charge in [0, 0.05) is 30.7 Å². The number of nitrogens with one attached hydrogen (secondary N) is 4. The van der Waals surface area contributed by atoms with Crippen LogP contribution in [-0.4, -0.2) is 68.6 Å². The number of amides is 1. The first kappa shape index (κ1) is 24.9. The third-order valence-electron chi connectivity index (χ3n) is 9.51. The molecule has 4 unspecified atom stereocenters. The standard InChI is InChI=1S/C28H37N7O4/c1-15-29-25(23(38-3)26(30-15)35-8-10-39-11-9-35)32-24-18-6-4-16(12-22(18)33-34-24)20-14-28(20)19-13-17(37-2)5-7-21(19)31-27(28)36/h5,7,13,16,18,20,22,24,33-34H,4,6,8-12,14H2,1-3H3,(H,31,36)(H,29,30,32)/t16?,18?,20-,22?,24?,28-/m0/s1. The summed E-state index contributed by atoms with van der Waals surface area (Å²) in [6, 6.07) is 6.26. The number of nitrogens with zero attached hydrogens (tertiary/aromatic N) is 3. The molecule has 2 saturated heterocycles. The second-order valence-corrected chi connectivity index (χ2v) is 11.5. The molecule has 2 aliphatic carbocycles. The van der Waals surface area contributed by atoms with Gasteiger partial charge in [0.05, 0.1) is 39.0 Å². The summed E-state index contributed by atoms with van der Waals surface area (Å²) < 4.78 is 16.8. The number of hydrogen-bond donors (Lipinski definition) is 4. The zero-order valence-corrected chi connectivity index (χ0v) is 22.8. The molecule has 1 amide bonds. The van der Waals surface area contributed by atoms with Crippen molar-refractivity contribution in [3.05, 3.63) is 29.6 Å². The predicted molar refractivity (Wildman–Crippen MR) is 146 cm³/mol. The molecule has 1 aromatic heterocycles. The maximum atomic E-state index is 13.2. The summed E-state index contributed by atoms with van der Waals surface area (Å²) in [4.78, 5) is 24.8. The van der Waals surface area contributed by atoms with Crippen LogP contribution in [0.15, 0.2) is 18.2 Å². The molecule has 0 radical (unpaired) electrons. The molecule has 1 aromatic carbocycles. The number of hydrazine groups is 1. The molecule has 208 valence electrons. The summed E-state index contributed by atoms with van der Waals surface area (Å²) in [6.45, 7) is 4.83. The van der Waals surface area contributed by atoms with E-state index < -0.39 is 5.41 Å². The van der Waals surface area contributed by atoms with Crippen molar-refractivity contribution < 1.29 is 19.0 Å². The molecule has 6 atom stereocenters. The number of anilines is 3. The molecule has 3 aliphatic heterocycles. The molecule has 4 fully saturated rings. The van der Waals surface area contributed by atoms with Gasteiger partial charge in [-0.25, -0.2) is 15.4 Å². The van der Waals surface area contributed by atoms with Crippen molar-refractivity contribution in [3.8, 4) is 11.5 Å². The van der Waals surface area contributed by atoms with Crippen molar-refractivity contribution in [2.75, 3.05) is 56.1 Å². The Kier molecular flexibility index (Phi) is 6.05. The third kappa shape index (κ3) is 4.01. The van der Waals surface area contributed by atoms with Crippen LogP contribution in [0.1, 0.15) is 37.1 Å². The first-order valence-corrected chi connectivity index (χ1v) is 14.0. The number of hydrogen-bond acceptors (Lipinski definition) is 10. The van der Waals surface area contributed by atoms with Crippen molar-refractivity contribution >= 4 is 23.2 Å². The SMILES string of the molecule is COc1ccc2c(c1)[C@]1(C[C@H]1C1CCC3C(C1)NNC3Nc1nc(C)nc(N3CCOCC3)c1OC)C(=O)N2. The Morgan fingerprint density at radius 1 is 1.13 bits per heavy atom. The van der Waals surface area contributed by atoms with Gasteiger partial charge in [0.2, 0.25) is 11.7 Å². The number of fused-ring (bicyclic) bond motifs is 3. The van der Waals surface area contributed by atoms with Crippen molar-refractivity contribution in [3.63, 3.8) is 0 Å². The summed E-state index contributed by atoms with van der Waals surface area (Å²) in [5.41, 5.74) is 8.70. The summed E-state index contributed by atoms with van der Waals surface area (Å²) in [6.07, 6.45) is 4.13. The summed E-state index contributed by atoms with van der Waals surface area (Å²) in [7, 11) is 3.35. The molecule has 7 rings (SSSR count). The van der Waals surface area contributed by atoms with E-state index in [1.807, 2.05) is 19.1 Å². The maximum absolute atomic E-state index is 13.2. The zero-order chi connectivity index (χ0) is 26.7. The number of rotatable bonds is 6. The Bertz CT molecular complexity index is 1280. The van der Waals surface area contributed by atoms with E-state index in [1.54, 1.807) is 14.2 Å². The van der Waals surface area contributed by atoms with Gasteiger partial charge in [0.15, 0.2) is 11.6 Å². The fraction of sp³-hybridized carbons (Fsp3) is 0.607. The van der Waals surface area contributed by atoms with Crippen LogP contribution in [-0.2, 0) is 14.9 Å². The lowest BCUT2D eigenvalue weighted by molar-refractivity contribution is -0.118. The predicted octanol–water partition coefficient (Wildman–Crippen LogP) is 2.18. The fourth-order valence-corrected chi connectivity index (χ4v) is 7.49. The Labute approximate surface area is 228 Å². The van der Waals surface area contributed by atoms with E-state index in [4.69, 9.17) is 24.2 Å². The normalized spacial score (nSPS) is 32.9. The van der Waals surface area contributed by atoms with E-state index in [-0.39, 0.29) is 12.1 Å². The van der Waals surface area contributed by atoms with Gasteiger partial charge in [-0.3, -0.25) is 10.2 Å². The smallest absolute Gasteiger partial charge is 0.235 e. The van der Waals surface area contributed by atoms with Crippen LogP contribution in [0.2, 0.25) is 0 Å². The molecule has 5 aliphatic rings. The van der Waals surface area contributed by atoms with Crippen molar-refractivity contribution in [2.24, 2.45) is 17.8 Å². The van der Waals surface area contributed by atoms with Gasteiger partial charge >= 0.3 is 0 Å². The minimum atomic E-state index is -0.396. The van der Waals surface area contributed by atoms with Crippen LogP contribution >= 0.6 is 0 Å². The van der Waals surface area contributed by atoms with Gasteiger partial charge in [-0.1, -0.05) is 0 Å². The molecule has 4 N–H and O–H groups in total. The number of carbonyl (C=O) groups excluding carboxylic acids is 1. The molecular formula is C28H37N7O4. The Balaban J connectivity index is 1.06. The van der Waals surface area contributed by atoms with Gasteiger partial charge in [0.1, 0.15) is 11.6 Å². The van der Waals surface area contributed by atoms with E-state index in [9.17, 15) is 4.79 Å². The van der Waals surface area contributed by atoms with E-state index in [2.05, 4.69) is 32.5 Å². The average Bonchev–Trinajstić information content (AvgIpc) is 3.51. The van der Waals surface area contributed by atoms with Crippen LogP contribution in [0.3, 0.4) is 0 Å². The maximum Gasteiger partial charge on any atom is 0.235 e. The fourth-order valence-electron chi connectivity index (χ4n) is 7.49. The first-order valence-electron chi connectivity index (χ1n) is 14.0. The van der Waals surface area contributed by atoms with Crippen LogP contribution in [0.4, 0.5) is 17.3 Å². The lowest BCUT2D eigenvalue weighted by Crippen LogP contribution is -2.40. The first-order chi connectivity index (χ1) is 19.0. The topological polar surface area (TPSA) is 122 Å². The zero-order valence-electron chi connectivity index (χ0n) is 22.8. The molecule has 39 heavy (non-hydrogen) atoms. The minimum Gasteiger partial charge on any atom is -0.497 e. The van der Waals surface area contributed by atoms with E-state index in [0.717, 1.165) is 61.6 Å². The highest BCUT2D eigenvalue weighted by atomic mass is 16.5. The van der Waals surface area contributed by atoms with Crippen LogP contribution < -0.4 is 35.9 Å². The molecule has 0 bridgehead atoms. The van der Waals surface area contributed by atoms with Crippen LogP contribution in [0, 0.1) is 24.7 Å². The highest BCUT2D eigenvalue weighted by Crippen LogP contribution is 2.65. The highest BCUT2D eigenvalue weighted by molar-refractivity contribution is 6.09. The summed E-state index contributed by atoms with van der Waals surface area (Å²) in [5.74, 6) is 5.11. The molecular weight excluding hydrogens is 498 g/mol. The van der Waals surface area contributed by atoms with Gasteiger partial charge in [0.25, 0.3) is 0 Å². The third-order valence-corrected chi connectivity index (χ3v) is 9.51. The quantitative estimate of drug-likeness (QED) is 0.438. The van der Waals surface area contributed by atoms with E-state index >= 15 is 0 Å². The number of aryl methyl sites for hydroxylation is 1. The number of methoxy groups -OCH3 is 2. The van der Waals surface area contributed by atoms with E-state index in [1.165, 1.54) is 0 Å². The number of ether oxygens (including phenoxy) is 3. The van der Waals surface area contributed by atoms with Gasteiger partial charge in [-0.05, 0) is 68.2 Å². The largest absolute Gasteiger partial charge is 0.497 e. The lowest BCUT2D eigenvalue weighted by atomic mass is 9.74. The Hall–Kier alpha value is -3.15. The second kappa shape index (κ2) is 9.50. The van der Waals surface area contributed by atoms with E-state index in [0.29, 0.717) is 54.4 Å². The molecule has 11 nitrogen and oxygen atoms in total. The monoisotopic (exact) mass is 535 g/mol. The van der Waals surface area contributed by atoms with Gasteiger partial charge in [-0.15, -0.1) is 0 Å². The molecule has 2 aromatic rings. The van der Waals surface area contributed by atoms with Crippen molar-refractivity contribution in [1.29, 1.82) is 0 Å².